The number of methoxy groups -OCH3 is 1. The molecule has 0 spiro atoms. The summed E-state index contributed by atoms with van der Waals surface area (Å²) in [5, 5.41) is 0. The highest BCUT2D eigenvalue weighted by molar-refractivity contribution is 5.33. The van der Waals surface area contributed by atoms with Crippen LogP contribution in [0, 0.1) is 0 Å². The van der Waals surface area contributed by atoms with Gasteiger partial charge in [0.05, 0.1) is 19.8 Å². The third kappa shape index (κ3) is 4.73. The van der Waals surface area contributed by atoms with Crippen molar-refractivity contribution >= 4 is 0 Å². The van der Waals surface area contributed by atoms with Crippen molar-refractivity contribution in [2.75, 3.05) is 53.0 Å². The fourth-order valence-corrected chi connectivity index (χ4v) is 3.54. The maximum Gasteiger partial charge on any atom is 0.0735 e. The first-order chi connectivity index (χ1) is 11.4. The smallest absolute Gasteiger partial charge is 0.0735 e. The Labute approximate surface area is 139 Å². The molecule has 23 heavy (non-hydrogen) atoms. The van der Waals surface area contributed by atoms with Crippen molar-refractivity contribution in [3.05, 3.63) is 29.1 Å². The second-order valence-electron chi connectivity index (χ2n) is 6.56. The lowest BCUT2D eigenvalue weighted by atomic mass is 9.97. The van der Waals surface area contributed by atoms with E-state index < -0.39 is 0 Å². The van der Waals surface area contributed by atoms with Crippen molar-refractivity contribution in [2.45, 2.75) is 32.4 Å². The van der Waals surface area contributed by atoms with Gasteiger partial charge < -0.3 is 14.4 Å². The molecule has 0 N–H and O–H groups in total. The van der Waals surface area contributed by atoms with E-state index in [1.54, 1.807) is 7.11 Å². The second kappa shape index (κ2) is 8.73. The first-order valence-electron chi connectivity index (χ1n) is 8.83. The number of rotatable bonds is 8. The highest BCUT2D eigenvalue weighted by atomic mass is 16.5. The number of aromatic nitrogens is 1. The molecule has 1 saturated heterocycles. The second-order valence-corrected chi connectivity index (χ2v) is 6.56. The number of pyridine rings is 1. The van der Waals surface area contributed by atoms with Crippen LogP contribution in [0.25, 0.3) is 0 Å². The van der Waals surface area contributed by atoms with Crippen LogP contribution < -0.4 is 0 Å². The molecule has 0 atom stereocenters. The number of hydrogen-bond acceptors (Lipinski definition) is 5. The minimum atomic E-state index is 0.697. The number of hydrogen-bond donors (Lipinski definition) is 0. The van der Waals surface area contributed by atoms with Crippen molar-refractivity contribution in [1.29, 1.82) is 0 Å². The van der Waals surface area contributed by atoms with Gasteiger partial charge in [0.1, 0.15) is 0 Å². The van der Waals surface area contributed by atoms with Gasteiger partial charge in [0.15, 0.2) is 0 Å². The summed E-state index contributed by atoms with van der Waals surface area (Å²) in [6.45, 7) is 8.92. The van der Waals surface area contributed by atoms with E-state index in [1.165, 1.54) is 42.6 Å². The van der Waals surface area contributed by atoms with E-state index in [-0.39, 0.29) is 0 Å². The van der Waals surface area contributed by atoms with Gasteiger partial charge in [-0.2, -0.15) is 0 Å². The lowest BCUT2D eigenvalue weighted by molar-refractivity contribution is 0.0978. The molecule has 0 amide bonds. The first kappa shape index (κ1) is 16.8. The van der Waals surface area contributed by atoms with E-state index in [9.17, 15) is 0 Å². The lowest BCUT2D eigenvalue weighted by Crippen LogP contribution is -2.33. The molecule has 2 aliphatic rings. The number of nitrogens with zero attached hydrogens (tertiary/aromatic N) is 3. The third-order valence-corrected chi connectivity index (χ3v) is 4.93. The molecule has 1 aromatic heterocycles. The summed E-state index contributed by atoms with van der Waals surface area (Å²) in [7, 11) is 1.76. The average molecular weight is 319 g/mol. The minimum absolute atomic E-state index is 0.697. The van der Waals surface area contributed by atoms with Gasteiger partial charge in [0.25, 0.3) is 0 Å². The molecule has 0 unspecified atom stereocenters. The molecular formula is C18H29N3O2. The summed E-state index contributed by atoms with van der Waals surface area (Å²) in [5.74, 6) is 0. The van der Waals surface area contributed by atoms with Crippen LogP contribution in [0.2, 0.25) is 0 Å². The summed E-state index contributed by atoms with van der Waals surface area (Å²) in [6.07, 6.45) is 7.78. The molecule has 3 rings (SSSR count). The molecule has 2 aliphatic heterocycles. The SMILES string of the molecule is COCCN1CCc2c(COCCN3CCCC3)cncc2C1. The van der Waals surface area contributed by atoms with E-state index in [2.05, 4.69) is 14.8 Å². The maximum absolute atomic E-state index is 5.92. The zero-order chi connectivity index (χ0) is 15.9. The molecule has 0 bridgehead atoms. The number of likely N-dealkylation sites (tertiary alicyclic amines) is 1. The van der Waals surface area contributed by atoms with Gasteiger partial charge >= 0.3 is 0 Å². The Morgan fingerprint density at radius 3 is 2.70 bits per heavy atom. The van der Waals surface area contributed by atoms with Gasteiger partial charge in [-0.15, -0.1) is 0 Å². The summed E-state index contributed by atoms with van der Waals surface area (Å²) < 4.78 is 11.1. The Kier molecular flexibility index (Phi) is 6.39. The summed E-state index contributed by atoms with van der Waals surface area (Å²) in [5.41, 5.74) is 4.08. The van der Waals surface area contributed by atoms with Crippen LogP contribution >= 0.6 is 0 Å². The standard InChI is InChI=1S/C18H29N3O2/c1-22-10-8-21-7-4-18-16(14-21)12-19-13-17(18)15-23-11-9-20-5-2-3-6-20/h12-13H,2-11,14-15H2,1H3. The minimum Gasteiger partial charge on any atom is -0.383 e. The molecule has 5 nitrogen and oxygen atoms in total. The molecule has 1 fully saturated rings. The molecule has 128 valence electrons. The molecule has 0 aliphatic carbocycles. The van der Waals surface area contributed by atoms with E-state index in [4.69, 9.17) is 9.47 Å². The van der Waals surface area contributed by atoms with E-state index in [1.807, 2.05) is 12.4 Å². The Balaban J connectivity index is 1.48. The molecule has 0 aromatic carbocycles. The van der Waals surface area contributed by atoms with Crippen molar-refractivity contribution in [2.24, 2.45) is 0 Å². The van der Waals surface area contributed by atoms with Gasteiger partial charge in [-0.3, -0.25) is 9.88 Å². The van der Waals surface area contributed by atoms with Crippen LogP contribution in [-0.4, -0.2) is 67.8 Å². The lowest BCUT2D eigenvalue weighted by Gasteiger charge is -2.29. The Bertz CT molecular complexity index is 489. The van der Waals surface area contributed by atoms with Crippen LogP contribution in [0.4, 0.5) is 0 Å². The van der Waals surface area contributed by atoms with E-state index in [0.29, 0.717) is 6.61 Å². The first-order valence-corrected chi connectivity index (χ1v) is 8.83. The van der Waals surface area contributed by atoms with Crippen LogP contribution in [0.3, 0.4) is 0 Å². The zero-order valence-electron chi connectivity index (χ0n) is 14.3. The largest absolute Gasteiger partial charge is 0.383 e. The predicted molar refractivity (Wildman–Crippen MR) is 90.4 cm³/mol. The molecule has 3 heterocycles. The van der Waals surface area contributed by atoms with Crippen molar-refractivity contribution < 1.29 is 9.47 Å². The summed E-state index contributed by atoms with van der Waals surface area (Å²) in [4.78, 5) is 9.35. The van der Waals surface area contributed by atoms with Gasteiger partial charge in [-0.05, 0) is 49.0 Å². The highest BCUT2D eigenvalue weighted by Crippen LogP contribution is 2.22. The van der Waals surface area contributed by atoms with Crippen LogP contribution in [-0.2, 0) is 29.0 Å². The molecular weight excluding hydrogens is 290 g/mol. The molecule has 1 aromatic rings. The molecule has 5 heteroatoms. The predicted octanol–water partition coefficient (Wildman–Crippen LogP) is 1.70. The van der Waals surface area contributed by atoms with Gasteiger partial charge in [-0.25, -0.2) is 0 Å². The van der Waals surface area contributed by atoms with Crippen molar-refractivity contribution in [3.63, 3.8) is 0 Å². The Morgan fingerprint density at radius 1 is 1.04 bits per heavy atom. The number of fused-ring (bicyclic) bond motifs is 1. The normalized spacial score (nSPS) is 19.2. The fourth-order valence-electron chi connectivity index (χ4n) is 3.54. The van der Waals surface area contributed by atoms with Gasteiger partial charge in [0.2, 0.25) is 0 Å². The Morgan fingerprint density at radius 2 is 1.87 bits per heavy atom. The summed E-state index contributed by atoms with van der Waals surface area (Å²) in [6, 6.07) is 0. The topological polar surface area (TPSA) is 37.8 Å². The molecule has 0 saturated carbocycles. The highest BCUT2D eigenvalue weighted by Gasteiger charge is 2.19. The maximum atomic E-state index is 5.92. The third-order valence-electron chi connectivity index (χ3n) is 4.93. The van der Waals surface area contributed by atoms with Gasteiger partial charge in [-0.1, -0.05) is 0 Å². The average Bonchev–Trinajstić information content (AvgIpc) is 3.10. The quantitative estimate of drug-likeness (QED) is 0.682. The number of ether oxygens (including phenoxy) is 2. The summed E-state index contributed by atoms with van der Waals surface area (Å²) >= 11 is 0. The van der Waals surface area contributed by atoms with E-state index in [0.717, 1.165) is 45.8 Å². The van der Waals surface area contributed by atoms with Crippen LogP contribution in [0.15, 0.2) is 12.4 Å². The Hall–Kier alpha value is -1.01. The van der Waals surface area contributed by atoms with Crippen LogP contribution in [0.1, 0.15) is 29.5 Å². The zero-order valence-corrected chi connectivity index (χ0v) is 14.3. The monoisotopic (exact) mass is 319 g/mol. The van der Waals surface area contributed by atoms with Crippen LogP contribution in [0.5, 0.6) is 0 Å². The van der Waals surface area contributed by atoms with Crippen molar-refractivity contribution in [1.82, 2.24) is 14.8 Å². The van der Waals surface area contributed by atoms with E-state index >= 15 is 0 Å². The van der Waals surface area contributed by atoms with Crippen molar-refractivity contribution in [3.8, 4) is 0 Å². The van der Waals surface area contributed by atoms with Gasteiger partial charge in [0, 0.05) is 45.7 Å². The fraction of sp³-hybridized carbons (Fsp3) is 0.722. The molecule has 0 radical (unpaired) electrons.